The topological polar surface area (TPSA) is 97.5 Å². The van der Waals surface area contributed by atoms with Crippen LogP contribution < -0.4 is 5.73 Å². The summed E-state index contributed by atoms with van der Waals surface area (Å²) in [6.45, 7) is 2.68. The summed E-state index contributed by atoms with van der Waals surface area (Å²) in [5.41, 5.74) is 4.47. The molecule has 70 valence electrons. The number of aliphatic carboxylic acids is 1. The second-order valence-electron chi connectivity index (χ2n) is 2.21. The molecule has 12 heavy (non-hydrogen) atoms. The summed E-state index contributed by atoms with van der Waals surface area (Å²) in [5.74, 6) is -1.33. The molecule has 0 saturated heterocycles. The molecule has 0 spiro atoms. The van der Waals surface area contributed by atoms with Crippen molar-refractivity contribution in [3.05, 3.63) is 0 Å². The van der Waals surface area contributed by atoms with Gasteiger partial charge in [-0.2, -0.15) is 0 Å². The van der Waals surface area contributed by atoms with Gasteiger partial charge < -0.3 is 15.6 Å². The SMILES string of the molecule is CC(=O)CCC(=O)O.CC(N)=O. The molecule has 0 aliphatic carbocycles. The summed E-state index contributed by atoms with van der Waals surface area (Å²) >= 11 is 0. The van der Waals surface area contributed by atoms with Gasteiger partial charge in [-0.3, -0.25) is 9.59 Å². The maximum absolute atomic E-state index is 10.1. The lowest BCUT2D eigenvalue weighted by atomic mass is 10.2. The molecule has 5 heteroatoms. The van der Waals surface area contributed by atoms with E-state index in [-0.39, 0.29) is 24.5 Å². The Morgan fingerprint density at radius 3 is 1.58 bits per heavy atom. The van der Waals surface area contributed by atoms with Gasteiger partial charge in [0.25, 0.3) is 0 Å². The number of primary amides is 1. The molecule has 0 aromatic heterocycles. The Balaban J connectivity index is 0. The lowest BCUT2D eigenvalue weighted by Crippen LogP contribution is -2.01. The highest BCUT2D eigenvalue weighted by Gasteiger charge is 1.97. The number of rotatable bonds is 3. The van der Waals surface area contributed by atoms with Crippen LogP contribution in [0.3, 0.4) is 0 Å². The third-order valence-electron chi connectivity index (χ3n) is 0.691. The van der Waals surface area contributed by atoms with Crippen molar-refractivity contribution in [2.24, 2.45) is 5.73 Å². The van der Waals surface area contributed by atoms with Crippen molar-refractivity contribution in [3.8, 4) is 0 Å². The molecule has 0 atom stereocenters. The summed E-state index contributed by atoms with van der Waals surface area (Å²) in [4.78, 5) is 29.1. The van der Waals surface area contributed by atoms with Gasteiger partial charge in [0, 0.05) is 13.3 Å². The van der Waals surface area contributed by atoms with Crippen LogP contribution in [0.4, 0.5) is 0 Å². The number of carbonyl (C=O) groups excluding carboxylic acids is 2. The fraction of sp³-hybridized carbons (Fsp3) is 0.571. The largest absolute Gasteiger partial charge is 0.481 e. The first-order chi connectivity index (χ1) is 5.36. The fourth-order valence-corrected chi connectivity index (χ4v) is 0.283. The van der Waals surface area contributed by atoms with Crippen LogP contribution in [0.5, 0.6) is 0 Å². The van der Waals surface area contributed by atoms with Gasteiger partial charge in [0.05, 0.1) is 6.42 Å². The first-order valence-electron chi connectivity index (χ1n) is 3.33. The Hall–Kier alpha value is -1.39. The van der Waals surface area contributed by atoms with Crippen LogP contribution in [0, 0.1) is 0 Å². The van der Waals surface area contributed by atoms with E-state index in [9.17, 15) is 14.4 Å². The highest BCUT2D eigenvalue weighted by atomic mass is 16.4. The molecular weight excluding hydrogens is 162 g/mol. The zero-order valence-electron chi connectivity index (χ0n) is 7.16. The van der Waals surface area contributed by atoms with E-state index in [1.807, 2.05) is 0 Å². The monoisotopic (exact) mass is 175 g/mol. The van der Waals surface area contributed by atoms with E-state index < -0.39 is 5.97 Å². The van der Waals surface area contributed by atoms with Gasteiger partial charge in [0.1, 0.15) is 5.78 Å². The number of hydrogen-bond donors (Lipinski definition) is 2. The van der Waals surface area contributed by atoms with Gasteiger partial charge in [-0.05, 0) is 6.92 Å². The number of carboxylic acids is 1. The first kappa shape index (κ1) is 13.2. The molecular formula is C7H13NO4. The Bertz CT molecular complexity index is 158. The third-order valence-corrected chi connectivity index (χ3v) is 0.691. The van der Waals surface area contributed by atoms with Gasteiger partial charge in [-0.1, -0.05) is 0 Å². The van der Waals surface area contributed by atoms with E-state index >= 15 is 0 Å². The molecule has 0 saturated carbocycles. The maximum Gasteiger partial charge on any atom is 0.303 e. The molecule has 0 aromatic carbocycles. The van der Waals surface area contributed by atoms with Crippen LogP contribution in [0.25, 0.3) is 0 Å². The Labute approximate surface area is 70.6 Å². The minimum atomic E-state index is -0.916. The van der Waals surface area contributed by atoms with Crippen LogP contribution in [0.2, 0.25) is 0 Å². The smallest absolute Gasteiger partial charge is 0.303 e. The summed E-state index contributed by atoms with van der Waals surface area (Å²) < 4.78 is 0. The first-order valence-corrected chi connectivity index (χ1v) is 3.33. The highest BCUT2D eigenvalue weighted by Crippen LogP contribution is 1.87. The van der Waals surface area contributed by atoms with Crippen molar-refractivity contribution in [2.75, 3.05) is 0 Å². The predicted octanol–water partition coefficient (Wildman–Crippen LogP) is -0.0682. The van der Waals surface area contributed by atoms with E-state index in [2.05, 4.69) is 5.73 Å². The van der Waals surface area contributed by atoms with Gasteiger partial charge >= 0.3 is 5.97 Å². The third kappa shape index (κ3) is 38.3. The lowest BCUT2D eigenvalue weighted by Gasteiger charge is -1.86. The zero-order valence-corrected chi connectivity index (χ0v) is 7.16. The number of carbonyl (C=O) groups is 3. The van der Waals surface area contributed by atoms with Crippen molar-refractivity contribution in [3.63, 3.8) is 0 Å². The number of amides is 1. The molecule has 3 N–H and O–H groups in total. The van der Waals surface area contributed by atoms with Crippen molar-refractivity contribution in [1.82, 2.24) is 0 Å². The zero-order chi connectivity index (χ0) is 10.1. The summed E-state index contributed by atoms with van der Waals surface area (Å²) in [6.07, 6.45) is 0.102. The molecule has 0 aliphatic rings. The van der Waals surface area contributed by atoms with Crippen LogP contribution >= 0.6 is 0 Å². The fourth-order valence-electron chi connectivity index (χ4n) is 0.283. The molecule has 0 rings (SSSR count). The van der Waals surface area contributed by atoms with E-state index in [1.54, 1.807) is 0 Å². The Morgan fingerprint density at radius 1 is 1.17 bits per heavy atom. The maximum atomic E-state index is 10.1. The molecule has 1 amide bonds. The van der Waals surface area contributed by atoms with E-state index in [0.29, 0.717) is 0 Å². The van der Waals surface area contributed by atoms with Crippen LogP contribution in [0.1, 0.15) is 26.7 Å². The van der Waals surface area contributed by atoms with Crippen molar-refractivity contribution in [1.29, 1.82) is 0 Å². The summed E-state index contributed by atoms with van der Waals surface area (Å²) in [5, 5.41) is 8.01. The summed E-state index contributed by atoms with van der Waals surface area (Å²) in [6, 6.07) is 0. The molecule has 0 radical (unpaired) electrons. The van der Waals surface area contributed by atoms with Gasteiger partial charge in [-0.25, -0.2) is 0 Å². The number of nitrogens with two attached hydrogens (primary N) is 1. The minimum Gasteiger partial charge on any atom is -0.481 e. The summed E-state index contributed by atoms with van der Waals surface area (Å²) in [7, 11) is 0. The minimum absolute atomic E-state index is 0.0463. The number of carboxylic acid groups (broad SMARTS) is 1. The normalized spacial score (nSPS) is 7.83. The second kappa shape index (κ2) is 7.71. The molecule has 0 aliphatic heterocycles. The Kier molecular flexibility index (Phi) is 8.50. The van der Waals surface area contributed by atoms with Crippen LogP contribution in [0.15, 0.2) is 0 Å². The predicted molar refractivity (Wildman–Crippen MR) is 42.4 cm³/mol. The number of Topliss-reactive ketones (excluding diaryl/α,β-unsaturated/α-hetero) is 1. The Morgan fingerprint density at radius 2 is 1.50 bits per heavy atom. The van der Waals surface area contributed by atoms with E-state index in [1.165, 1.54) is 13.8 Å². The van der Waals surface area contributed by atoms with E-state index in [0.717, 1.165) is 0 Å². The van der Waals surface area contributed by atoms with Gasteiger partial charge in [0.2, 0.25) is 5.91 Å². The van der Waals surface area contributed by atoms with Crippen LogP contribution in [-0.4, -0.2) is 22.8 Å². The standard InChI is InChI=1S/C5H8O3.C2H5NO/c1-4(6)2-3-5(7)8;1-2(3)4/h2-3H2,1H3,(H,7,8);1H3,(H2,3,4). The number of ketones is 1. The molecule has 0 fully saturated rings. The average molecular weight is 175 g/mol. The van der Waals surface area contributed by atoms with Gasteiger partial charge in [-0.15, -0.1) is 0 Å². The van der Waals surface area contributed by atoms with Gasteiger partial charge in [0.15, 0.2) is 0 Å². The highest BCUT2D eigenvalue weighted by molar-refractivity contribution is 5.80. The molecule has 0 aromatic rings. The molecule has 0 bridgehead atoms. The van der Waals surface area contributed by atoms with Crippen molar-refractivity contribution < 1.29 is 19.5 Å². The van der Waals surface area contributed by atoms with Crippen molar-refractivity contribution >= 4 is 17.7 Å². The lowest BCUT2D eigenvalue weighted by molar-refractivity contribution is -0.138. The quantitative estimate of drug-likeness (QED) is 0.627. The average Bonchev–Trinajstić information content (AvgIpc) is 1.82. The van der Waals surface area contributed by atoms with Crippen LogP contribution in [-0.2, 0) is 14.4 Å². The van der Waals surface area contributed by atoms with E-state index in [4.69, 9.17) is 5.11 Å². The molecule has 5 nitrogen and oxygen atoms in total. The molecule has 0 unspecified atom stereocenters. The second-order valence-corrected chi connectivity index (χ2v) is 2.21. The number of hydrogen-bond acceptors (Lipinski definition) is 3. The van der Waals surface area contributed by atoms with Crippen molar-refractivity contribution in [2.45, 2.75) is 26.7 Å². The molecule has 0 heterocycles.